The number of phenolic OH excluding ortho intramolecular Hbond substituents is 1. The summed E-state index contributed by atoms with van der Waals surface area (Å²) in [5.41, 5.74) is 1.38. The Morgan fingerprint density at radius 3 is 2.83 bits per heavy atom. The number of carbonyl (C=O) groups excluding carboxylic acids is 1. The summed E-state index contributed by atoms with van der Waals surface area (Å²) in [6.45, 7) is 2.09. The van der Waals surface area contributed by atoms with Gasteiger partial charge in [0.1, 0.15) is 5.75 Å². The molecule has 0 saturated heterocycles. The SMILES string of the molecule is CCCc1c(C(=O)Nc2cc(Cl)ccc2O)sc2ccccc12. The smallest absolute Gasteiger partial charge is 0.266 e. The predicted octanol–water partition coefficient (Wildman–Crippen LogP) is 5.47. The first-order chi connectivity index (χ1) is 11.1. The van der Waals surface area contributed by atoms with E-state index in [1.165, 1.54) is 17.4 Å². The van der Waals surface area contributed by atoms with Gasteiger partial charge in [0.15, 0.2) is 0 Å². The second-order valence-corrected chi connectivity index (χ2v) is 6.76. The summed E-state index contributed by atoms with van der Waals surface area (Å²) in [7, 11) is 0. The van der Waals surface area contributed by atoms with Crippen LogP contribution < -0.4 is 5.32 Å². The zero-order chi connectivity index (χ0) is 16.4. The molecule has 0 atom stereocenters. The molecule has 0 aliphatic carbocycles. The maximum absolute atomic E-state index is 12.7. The lowest BCUT2D eigenvalue weighted by atomic mass is 10.1. The first kappa shape index (κ1) is 15.8. The van der Waals surface area contributed by atoms with Crippen LogP contribution in [0, 0.1) is 0 Å². The van der Waals surface area contributed by atoms with E-state index in [1.807, 2.05) is 24.3 Å². The number of phenols is 1. The summed E-state index contributed by atoms with van der Waals surface area (Å²) in [5, 5.41) is 14.2. The van der Waals surface area contributed by atoms with Gasteiger partial charge in [0.2, 0.25) is 0 Å². The highest BCUT2D eigenvalue weighted by atomic mass is 35.5. The maximum Gasteiger partial charge on any atom is 0.266 e. The molecule has 5 heteroatoms. The molecule has 3 nitrogen and oxygen atoms in total. The highest BCUT2D eigenvalue weighted by molar-refractivity contribution is 7.21. The molecule has 0 spiro atoms. The molecular formula is C18H16ClNO2S. The Morgan fingerprint density at radius 2 is 2.04 bits per heavy atom. The van der Waals surface area contributed by atoms with Crippen LogP contribution in [-0.2, 0) is 6.42 Å². The molecule has 2 aromatic carbocycles. The summed E-state index contributed by atoms with van der Waals surface area (Å²) in [5.74, 6) is -0.215. The Morgan fingerprint density at radius 1 is 1.26 bits per heavy atom. The average Bonchev–Trinajstić information content (AvgIpc) is 2.90. The highest BCUT2D eigenvalue weighted by Crippen LogP contribution is 2.34. The average molecular weight is 346 g/mol. The maximum atomic E-state index is 12.7. The van der Waals surface area contributed by atoms with Crippen molar-refractivity contribution >= 4 is 44.6 Å². The number of hydrogen-bond donors (Lipinski definition) is 2. The number of anilines is 1. The van der Waals surface area contributed by atoms with E-state index < -0.39 is 0 Å². The summed E-state index contributed by atoms with van der Waals surface area (Å²) >= 11 is 7.41. The van der Waals surface area contributed by atoms with Crippen LogP contribution in [0.5, 0.6) is 5.75 Å². The van der Waals surface area contributed by atoms with Crippen molar-refractivity contribution in [3.05, 3.63) is 57.9 Å². The molecule has 0 bridgehead atoms. The van der Waals surface area contributed by atoms with Gasteiger partial charge >= 0.3 is 0 Å². The number of amides is 1. The Labute approximate surface area is 143 Å². The van der Waals surface area contributed by atoms with Gasteiger partial charge in [-0.3, -0.25) is 4.79 Å². The lowest BCUT2D eigenvalue weighted by molar-refractivity contribution is 0.102. The minimum absolute atomic E-state index is 0.000836. The van der Waals surface area contributed by atoms with Gasteiger partial charge in [0, 0.05) is 9.72 Å². The van der Waals surface area contributed by atoms with Crippen molar-refractivity contribution in [1.29, 1.82) is 0 Å². The number of rotatable bonds is 4. The summed E-state index contributed by atoms with van der Waals surface area (Å²) in [6.07, 6.45) is 1.80. The first-order valence-electron chi connectivity index (χ1n) is 7.40. The summed E-state index contributed by atoms with van der Waals surface area (Å²) in [4.78, 5) is 13.4. The number of fused-ring (bicyclic) bond motifs is 1. The van der Waals surface area contributed by atoms with E-state index >= 15 is 0 Å². The number of hydrogen-bond acceptors (Lipinski definition) is 3. The van der Waals surface area contributed by atoms with Gasteiger partial charge in [-0.05, 0) is 41.6 Å². The molecule has 0 aliphatic rings. The zero-order valence-corrected chi connectivity index (χ0v) is 14.2. The Bertz CT molecular complexity index is 873. The van der Waals surface area contributed by atoms with Crippen LogP contribution in [0.4, 0.5) is 5.69 Å². The molecule has 0 saturated carbocycles. The monoisotopic (exact) mass is 345 g/mol. The molecule has 0 radical (unpaired) electrons. The zero-order valence-electron chi connectivity index (χ0n) is 12.6. The molecule has 0 aliphatic heterocycles. The van der Waals surface area contributed by atoms with Crippen molar-refractivity contribution in [2.75, 3.05) is 5.32 Å². The van der Waals surface area contributed by atoms with Gasteiger partial charge in [0.25, 0.3) is 5.91 Å². The van der Waals surface area contributed by atoms with Crippen molar-refractivity contribution in [1.82, 2.24) is 0 Å². The van der Waals surface area contributed by atoms with Crippen LogP contribution >= 0.6 is 22.9 Å². The first-order valence-corrected chi connectivity index (χ1v) is 8.60. The molecule has 3 rings (SSSR count). The topological polar surface area (TPSA) is 49.3 Å². The molecule has 118 valence electrons. The minimum Gasteiger partial charge on any atom is -0.506 e. The largest absolute Gasteiger partial charge is 0.506 e. The Hall–Kier alpha value is -2.04. The van der Waals surface area contributed by atoms with Crippen LogP contribution in [0.2, 0.25) is 5.02 Å². The number of aromatic hydroxyl groups is 1. The van der Waals surface area contributed by atoms with Crippen molar-refractivity contribution in [2.24, 2.45) is 0 Å². The summed E-state index contributed by atoms with van der Waals surface area (Å²) < 4.78 is 1.09. The van der Waals surface area contributed by atoms with Crippen molar-refractivity contribution in [3.8, 4) is 5.75 Å². The van der Waals surface area contributed by atoms with E-state index in [4.69, 9.17) is 11.6 Å². The van der Waals surface area contributed by atoms with Gasteiger partial charge in [-0.25, -0.2) is 0 Å². The van der Waals surface area contributed by atoms with Gasteiger partial charge in [0.05, 0.1) is 10.6 Å². The van der Waals surface area contributed by atoms with Gasteiger partial charge in [-0.2, -0.15) is 0 Å². The normalized spacial score (nSPS) is 10.9. The van der Waals surface area contributed by atoms with E-state index in [0.717, 1.165) is 28.5 Å². The quantitative estimate of drug-likeness (QED) is 0.616. The Balaban J connectivity index is 2.00. The van der Waals surface area contributed by atoms with Crippen LogP contribution in [0.25, 0.3) is 10.1 Å². The Kier molecular flexibility index (Phi) is 4.55. The fourth-order valence-electron chi connectivity index (χ4n) is 2.57. The number of nitrogens with one attached hydrogen (secondary N) is 1. The van der Waals surface area contributed by atoms with E-state index in [1.54, 1.807) is 12.1 Å². The second-order valence-electron chi connectivity index (χ2n) is 5.27. The van der Waals surface area contributed by atoms with Gasteiger partial charge < -0.3 is 10.4 Å². The fraction of sp³-hybridized carbons (Fsp3) is 0.167. The molecule has 1 heterocycles. The number of aryl methyl sites for hydroxylation is 1. The number of halogens is 1. The molecule has 3 aromatic rings. The second kappa shape index (κ2) is 6.60. The molecule has 0 fully saturated rings. The third kappa shape index (κ3) is 3.19. The van der Waals surface area contributed by atoms with Crippen molar-refractivity contribution in [2.45, 2.75) is 19.8 Å². The minimum atomic E-state index is -0.216. The van der Waals surface area contributed by atoms with Gasteiger partial charge in [-0.15, -0.1) is 11.3 Å². The standard InChI is InChI=1S/C18H16ClNO2S/c1-2-5-13-12-6-3-4-7-16(12)23-17(13)18(22)20-14-10-11(19)8-9-15(14)21/h3-4,6-10,21H,2,5H2,1H3,(H,20,22). The lowest BCUT2D eigenvalue weighted by Crippen LogP contribution is -2.12. The van der Waals surface area contributed by atoms with E-state index in [-0.39, 0.29) is 11.7 Å². The van der Waals surface area contributed by atoms with E-state index in [9.17, 15) is 9.90 Å². The van der Waals surface area contributed by atoms with E-state index in [2.05, 4.69) is 12.2 Å². The highest BCUT2D eigenvalue weighted by Gasteiger charge is 2.18. The third-order valence-corrected chi connectivity index (χ3v) is 5.06. The van der Waals surface area contributed by atoms with Crippen LogP contribution in [0.3, 0.4) is 0 Å². The molecule has 1 aromatic heterocycles. The fourth-order valence-corrected chi connectivity index (χ4v) is 3.89. The van der Waals surface area contributed by atoms with Crippen molar-refractivity contribution in [3.63, 3.8) is 0 Å². The number of benzene rings is 2. The molecule has 23 heavy (non-hydrogen) atoms. The molecule has 0 unspecified atom stereocenters. The van der Waals surface area contributed by atoms with E-state index in [0.29, 0.717) is 15.6 Å². The van der Waals surface area contributed by atoms with Crippen LogP contribution in [-0.4, -0.2) is 11.0 Å². The van der Waals surface area contributed by atoms with Gasteiger partial charge in [-0.1, -0.05) is 43.1 Å². The molecular weight excluding hydrogens is 330 g/mol. The van der Waals surface area contributed by atoms with Crippen LogP contribution in [0.15, 0.2) is 42.5 Å². The molecule has 2 N–H and O–H groups in total. The van der Waals surface area contributed by atoms with Crippen molar-refractivity contribution < 1.29 is 9.90 Å². The third-order valence-electron chi connectivity index (χ3n) is 3.61. The molecule has 1 amide bonds. The lowest BCUT2D eigenvalue weighted by Gasteiger charge is -2.08. The number of thiophene rings is 1. The predicted molar refractivity (Wildman–Crippen MR) is 96.9 cm³/mol. The number of carbonyl (C=O) groups is 1. The van der Waals surface area contributed by atoms with Crippen LogP contribution in [0.1, 0.15) is 28.6 Å². The summed E-state index contributed by atoms with van der Waals surface area (Å²) in [6, 6.07) is 12.6.